The van der Waals surface area contributed by atoms with Gasteiger partial charge in [-0.05, 0) is 33.3 Å². The molecule has 2 aromatic rings. The second-order valence-electron chi connectivity index (χ2n) is 11.1. The average molecular weight is 544 g/mol. The second-order valence-corrected chi connectivity index (χ2v) is 14.1. The number of nitriles is 1. The van der Waals surface area contributed by atoms with Gasteiger partial charge in [-0.15, -0.1) is 0 Å². The highest BCUT2D eigenvalue weighted by molar-refractivity contribution is 7.95. The number of fused-ring (bicyclic) bond motifs is 1. The van der Waals surface area contributed by atoms with Gasteiger partial charge in [0, 0.05) is 42.7 Å². The third-order valence-corrected chi connectivity index (χ3v) is 10.8. The number of piperazine rings is 1. The molecule has 2 aromatic heterocycles. The molecule has 10 nitrogen and oxygen atoms in total. The van der Waals surface area contributed by atoms with E-state index < -0.39 is 14.6 Å². The normalized spacial score (nSPS) is 27.9. The van der Waals surface area contributed by atoms with Crippen LogP contribution in [0, 0.1) is 11.3 Å². The minimum absolute atomic E-state index is 0.0672. The van der Waals surface area contributed by atoms with Gasteiger partial charge in [-0.3, -0.25) is 4.79 Å². The Morgan fingerprint density at radius 1 is 1.14 bits per heavy atom. The van der Waals surface area contributed by atoms with Crippen molar-refractivity contribution in [2.24, 2.45) is 0 Å². The monoisotopic (exact) mass is 543 g/mol. The van der Waals surface area contributed by atoms with Crippen molar-refractivity contribution in [2.75, 3.05) is 35.2 Å². The Hall–Kier alpha value is -2.97. The molecule has 5 heterocycles. The topological polar surface area (TPSA) is 123 Å². The van der Waals surface area contributed by atoms with E-state index in [1.54, 1.807) is 24.1 Å². The fraction of sp³-hybridized carbons (Fsp3) is 0.560. The number of aromatic nitrogens is 3. The number of hydrogen-bond donors (Lipinski definition) is 0. The Labute approximate surface area is 222 Å². The summed E-state index contributed by atoms with van der Waals surface area (Å²) in [6, 6.07) is 3.44. The Morgan fingerprint density at radius 3 is 2.43 bits per heavy atom. The number of amides is 1. The second kappa shape index (κ2) is 8.53. The van der Waals surface area contributed by atoms with Crippen molar-refractivity contribution < 1.29 is 13.2 Å². The summed E-state index contributed by atoms with van der Waals surface area (Å²) in [5, 5.41) is 9.48. The van der Waals surface area contributed by atoms with Gasteiger partial charge in [0.1, 0.15) is 28.8 Å². The summed E-state index contributed by atoms with van der Waals surface area (Å²) in [7, 11) is -3.40. The lowest BCUT2D eigenvalue weighted by molar-refractivity contribution is -0.137. The van der Waals surface area contributed by atoms with Crippen LogP contribution in [0.2, 0.25) is 5.02 Å². The van der Waals surface area contributed by atoms with Crippen LogP contribution in [0.15, 0.2) is 18.6 Å². The Balaban J connectivity index is 1.47. The van der Waals surface area contributed by atoms with Crippen LogP contribution in [0.5, 0.6) is 0 Å². The average Bonchev–Trinajstić information content (AvgIpc) is 3.14. The summed E-state index contributed by atoms with van der Waals surface area (Å²) in [4.78, 5) is 32.8. The summed E-state index contributed by atoms with van der Waals surface area (Å²) in [6.45, 7) is 11.3. The molecule has 3 aliphatic heterocycles. The van der Waals surface area contributed by atoms with Crippen molar-refractivity contribution in [3.05, 3.63) is 34.9 Å². The standard InChI is InChI=1S/C25H30ClN7O3S/c1-15-12-32(23(34)25(5)6-7-37(25,35)36)16(2)11-31(15)21-20-22(30-14-29-21)33(13-24(20,3)4)17-8-18(26)19(9-27)28-10-17/h8,10,14-16H,6-7,11-13H2,1-5H3/t15-,16+,25-/m0/s1. The smallest absolute Gasteiger partial charge is 0.244 e. The zero-order valence-corrected chi connectivity index (χ0v) is 23.1. The van der Waals surface area contributed by atoms with Gasteiger partial charge in [-0.2, -0.15) is 5.26 Å². The highest BCUT2D eigenvalue weighted by Crippen LogP contribution is 2.47. The summed E-state index contributed by atoms with van der Waals surface area (Å²) in [6.07, 6.45) is 3.53. The lowest BCUT2D eigenvalue weighted by Crippen LogP contribution is -2.66. The van der Waals surface area contributed by atoms with E-state index in [1.165, 1.54) is 6.33 Å². The number of nitrogens with zero attached hydrogens (tertiary/aromatic N) is 7. The zero-order valence-electron chi connectivity index (χ0n) is 21.6. The van der Waals surface area contributed by atoms with Crippen molar-refractivity contribution >= 4 is 44.7 Å². The van der Waals surface area contributed by atoms with Crippen LogP contribution in [0.25, 0.3) is 0 Å². The van der Waals surface area contributed by atoms with E-state index in [-0.39, 0.29) is 39.9 Å². The molecule has 0 aliphatic carbocycles. The minimum atomic E-state index is -3.40. The maximum Gasteiger partial charge on any atom is 0.244 e. The summed E-state index contributed by atoms with van der Waals surface area (Å²) < 4.78 is 23.5. The van der Waals surface area contributed by atoms with Crippen LogP contribution in [0.3, 0.4) is 0 Å². The molecule has 196 valence electrons. The predicted molar refractivity (Wildman–Crippen MR) is 141 cm³/mol. The number of carbonyl (C=O) groups is 1. The third kappa shape index (κ3) is 3.84. The van der Waals surface area contributed by atoms with Gasteiger partial charge < -0.3 is 14.7 Å². The van der Waals surface area contributed by atoms with Gasteiger partial charge in [0.25, 0.3) is 0 Å². The molecule has 0 spiro atoms. The molecule has 0 saturated carbocycles. The number of hydrogen-bond acceptors (Lipinski definition) is 9. The molecule has 3 aliphatic rings. The molecule has 0 aromatic carbocycles. The first-order valence-electron chi connectivity index (χ1n) is 12.3. The van der Waals surface area contributed by atoms with Crippen molar-refractivity contribution in [1.82, 2.24) is 19.9 Å². The molecule has 0 unspecified atom stereocenters. The lowest BCUT2D eigenvalue weighted by atomic mass is 9.87. The van der Waals surface area contributed by atoms with Crippen molar-refractivity contribution in [3.8, 4) is 6.07 Å². The molecule has 3 atom stereocenters. The zero-order chi connectivity index (χ0) is 26.9. The van der Waals surface area contributed by atoms with Gasteiger partial charge in [0.05, 0.1) is 22.7 Å². The first-order chi connectivity index (χ1) is 17.3. The predicted octanol–water partition coefficient (Wildman–Crippen LogP) is 2.83. The lowest BCUT2D eigenvalue weighted by Gasteiger charge is -2.49. The van der Waals surface area contributed by atoms with Gasteiger partial charge in [0.2, 0.25) is 5.91 Å². The van der Waals surface area contributed by atoms with Crippen molar-refractivity contribution in [3.63, 3.8) is 0 Å². The fourth-order valence-corrected chi connectivity index (χ4v) is 7.37. The first-order valence-corrected chi connectivity index (χ1v) is 14.3. The maximum absolute atomic E-state index is 13.3. The Bertz CT molecular complexity index is 1440. The molecule has 0 bridgehead atoms. The molecule has 1 amide bonds. The number of carbonyl (C=O) groups excluding carboxylic acids is 1. The van der Waals surface area contributed by atoms with Crippen LogP contribution >= 0.6 is 11.6 Å². The highest BCUT2D eigenvalue weighted by Gasteiger charge is 2.57. The molecule has 0 N–H and O–H groups in total. The minimum Gasteiger partial charge on any atom is -0.350 e. The van der Waals surface area contributed by atoms with E-state index in [1.807, 2.05) is 24.8 Å². The van der Waals surface area contributed by atoms with E-state index in [2.05, 4.69) is 28.7 Å². The van der Waals surface area contributed by atoms with Gasteiger partial charge >= 0.3 is 0 Å². The van der Waals surface area contributed by atoms with Gasteiger partial charge in [-0.1, -0.05) is 25.4 Å². The van der Waals surface area contributed by atoms with E-state index in [0.29, 0.717) is 26.1 Å². The number of anilines is 3. The van der Waals surface area contributed by atoms with Crippen molar-refractivity contribution in [1.29, 1.82) is 5.26 Å². The van der Waals surface area contributed by atoms with Gasteiger partial charge in [-0.25, -0.2) is 23.4 Å². The van der Waals surface area contributed by atoms with Gasteiger partial charge in [0.15, 0.2) is 15.5 Å². The van der Waals surface area contributed by atoms with E-state index >= 15 is 0 Å². The molecular formula is C25H30ClN7O3S. The molecule has 2 saturated heterocycles. The number of pyridine rings is 1. The summed E-state index contributed by atoms with van der Waals surface area (Å²) in [5.41, 5.74) is 1.59. The Morgan fingerprint density at radius 2 is 1.84 bits per heavy atom. The van der Waals surface area contributed by atoms with E-state index in [9.17, 15) is 18.5 Å². The molecule has 5 rings (SSSR count). The molecule has 2 fully saturated rings. The highest BCUT2D eigenvalue weighted by atomic mass is 35.5. The van der Waals surface area contributed by atoms with Crippen LogP contribution in [-0.2, 0) is 20.0 Å². The molecule has 0 radical (unpaired) electrons. The number of halogens is 1. The quantitative estimate of drug-likeness (QED) is 0.574. The van der Waals surface area contributed by atoms with Crippen molar-refractivity contribution in [2.45, 2.75) is 63.3 Å². The fourth-order valence-electron chi connectivity index (χ4n) is 5.64. The number of sulfone groups is 1. The third-order valence-electron chi connectivity index (χ3n) is 8.04. The molecule has 37 heavy (non-hydrogen) atoms. The van der Waals surface area contributed by atoms with E-state index in [0.717, 1.165) is 22.9 Å². The summed E-state index contributed by atoms with van der Waals surface area (Å²) in [5.74, 6) is 1.32. The van der Waals surface area contributed by atoms with Crippen LogP contribution in [0.4, 0.5) is 17.3 Å². The molecule has 12 heteroatoms. The SMILES string of the molecule is C[C@@H]1CN(c2ncnc3c2C(C)(C)CN3c2cnc(C#N)c(Cl)c2)[C@@H](C)CN1C(=O)[C@]1(C)CCS1(=O)=O. The maximum atomic E-state index is 13.3. The number of rotatable bonds is 3. The van der Waals surface area contributed by atoms with Crippen LogP contribution in [-0.4, -0.2) is 76.4 Å². The van der Waals surface area contributed by atoms with Crippen LogP contribution < -0.4 is 9.80 Å². The van der Waals surface area contributed by atoms with E-state index in [4.69, 9.17) is 16.6 Å². The molecular weight excluding hydrogens is 514 g/mol. The summed E-state index contributed by atoms with van der Waals surface area (Å²) >= 11 is 6.28. The van der Waals surface area contributed by atoms with Crippen LogP contribution in [0.1, 0.15) is 52.3 Å². The first kappa shape index (κ1) is 25.7. The largest absolute Gasteiger partial charge is 0.350 e. The Kier molecular flexibility index (Phi) is 5.92.